The molecule has 0 aliphatic carbocycles. The molecule has 0 saturated heterocycles. The van der Waals surface area contributed by atoms with Gasteiger partial charge in [0.25, 0.3) is 0 Å². The average Bonchev–Trinajstić information content (AvgIpc) is 3.29. The number of hydrogen-bond donors (Lipinski definition) is 2. The molecule has 3 aliphatic heterocycles. The first kappa shape index (κ1) is 16.6. The Bertz CT molecular complexity index is 1020. The second-order valence-corrected chi connectivity index (χ2v) is 8.53. The number of benzene rings is 2. The predicted molar refractivity (Wildman–Crippen MR) is 94.5 cm³/mol. The van der Waals surface area contributed by atoms with E-state index in [1.807, 2.05) is 12.1 Å². The van der Waals surface area contributed by atoms with Crippen LogP contribution in [0.15, 0.2) is 36.4 Å². The fourth-order valence-electron chi connectivity index (χ4n) is 4.02. The fourth-order valence-corrected chi connectivity index (χ4v) is 4.48. The smallest absolute Gasteiger partial charge is 0.327 e. The van der Waals surface area contributed by atoms with E-state index < -0.39 is 19.2 Å². The van der Waals surface area contributed by atoms with Gasteiger partial charge in [-0.3, -0.25) is 9.36 Å². The van der Waals surface area contributed by atoms with Crippen LogP contribution in [0.1, 0.15) is 11.1 Å². The van der Waals surface area contributed by atoms with E-state index in [1.165, 1.54) is 4.90 Å². The first-order valence-electron chi connectivity index (χ1n) is 8.43. The number of rotatable bonds is 3. The quantitative estimate of drug-likeness (QED) is 0.769. The van der Waals surface area contributed by atoms with Crippen molar-refractivity contribution in [1.29, 1.82) is 0 Å². The molecule has 8 nitrogen and oxygen atoms in total. The molecule has 3 heterocycles. The Morgan fingerprint density at radius 3 is 2.56 bits per heavy atom. The van der Waals surface area contributed by atoms with Gasteiger partial charge < -0.3 is 28.9 Å². The summed E-state index contributed by atoms with van der Waals surface area (Å²) in [6, 6.07) is 10.8. The van der Waals surface area contributed by atoms with Gasteiger partial charge in [-0.15, -0.1) is 0 Å². The minimum absolute atomic E-state index is 0.0677. The number of amides is 1. The van der Waals surface area contributed by atoms with E-state index in [0.717, 1.165) is 5.56 Å². The standard InChI is InChI=1S/C18H16NO7P/c20-17-18(9-24-14-8-16-15(7-12(14)18)25-10-26-16)11-3-1-2-4-13(11)19(17)5-6-27(21,22)23/h1-4,7-8H,5-6,9-10H2,(H2,21,22,23). The predicted octanol–water partition coefficient (Wildman–Crippen LogP) is 1.62. The highest BCUT2D eigenvalue weighted by molar-refractivity contribution is 7.51. The van der Waals surface area contributed by atoms with Crippen molar-refractivity contribution in [2.75, 3.05) is 31.0 Å². The molecule has 27 heavy (non-hydrogen) atoms. The van der Waals surface area contributed by atoms with Crippen molar-refractivity contribution >= 4 is 19.2 Å². The molecule has 3 aliphatic rings. The monoisotopic (exact) mass is 389 g/mol. The molecular weight excluding hydrogens is 373 g/mol. The summed E-state index contributed by atoms with van der Waals surface area (Å²) in [5.74, 6) is 1.43. The van der Waals surface area contributed by atoms with Crippen molar-refractivity contribution in [2.45, 2.75) is 5.41 Å². The molecule has 0 fully saturated rings. The summed E-state index contributed by atoms with van der Waals surface area (Å²) in [6.07, 6.45) is -0.405. The maximum atomic E-state index is 13.5. The maximum absolute atomic E-state index is 13.5. The zero-order valence-corrected chi connectivity index (χ0v) is 15.0. The molecule has 1 atom stereocenters. The van der Waals surface area contributed by atoms with Gasteiger partial charge in [-0.2, -0.15) is 0 Å². The third-order valence-electron chi connectivity index (χ3n) is 5.26. The number of hydrogen-bond acceptors (Lipinski definition) is 5. The lowest BCUT2D eigenvalue weighted by atomic mass is 9.77. The van der Waals surface area contributed by atoms with E-state index in [2.05, 4.69) is 0 Å². The lowest BCUT2D eigenvalue weighted by Gasteiger charge is -2.23. The van der Waals surface area contributed by atoms with Crippen LogP contribution in [0.2, 0.25) is 0 Å². The highest BCUT2D eigenvalue weighted by atomic mass is 31.2. The van der Waals surface area contributed by atoms with Gasteiger partial charge >= 0.3 is 7.60 Å². The molecule has 2 aromatic rings. The van der Waals surface area contributed by atoms with Crippen LogP contribution in [0.4, 0.5) is 5.69 Å². The molecule has 0 radical (unpaired) electrons. The van der Waals surface area contributed by atoms with Gasteiger partial charge in [-0.1, -0.05) is 18.2 Å². The van der Waals surface area contributed by atoms with E-state index in [9.17, 15) is 19.1 Å². The first-order valence-corrected chi connectivity index (χ1v) is 10.2. The number of carbonyl (C=O) groups excluding carboxylic acids is 1. The molecule has 1 unspecified atom stereocenters. The molecule has 0 saturated carbocycles. The molecule has 0 aromatic heterocycles. The Kier molecular flexibility index (Phi) is 3.37. The fraction of sp³-hybridized carbons (Fsp3) is 0.278. The molecule has 2 N–H and O–H groups in total. The molecule has 140 valence electrons. The van der Waals surface area contributed by atoms with Crippen LogP contribution in [-0.4, -0.2) is 41.8 Å². The third-order valence-corrected chi connectivity index (χ3v) is 6.04. The van der Waals surface area contributed by atoms with Crippen LogP contribution in [0.3, 0.4) is 0 Å². The largest absolute Gasteiger partial charge is 0.491 e. The molecule has 1 amide bonds. The van der Waals surface area contributed by atoms with Crippen molar-refractivity contribution in [3.63, 3.8) is 0 Å². The maximum Gasteiger partial charge on any atom is 0.327 e. The van der Waals surface area contributed by atoms with E-state index in [4.69, 9.17) is 14.2 Å². The summed E-state index contributed by atoms with van der Waals surface area (Å²) >= 11 is 0. The van der Waals surface area contributed by atoms with Gasteiger partial charge in [0, 0.05) is 23.9 Å². The van der Waals surface area contributed by atoms with Gasteiger partial charge in [0.15, 0.2) is 11.5 Å². The highest BCUT2D eigenvalue weighted by Crippen LogP contribution is 2.55. The zero-order chi connectivity index (χ0) is 18.8. The van der Waals surface area contributed by atoms with Crippen LogP contribution in [0.5, 0.6) is 17.2 Å². The molecule has 1 spiro atoms. The van der Waals surface area contributed by atoms with Crippen molar-refractivity contribution in [3.05, 3.63) is 47.5 Å². The van der Waals surface area contributed by atoms with E-state index in [-0.39, 0.29) is 25.9 Å². The number of carbonyl (C=O) groups is 1. The topological polar surface area (TPSA) is 106 Å². The Morgan fingerprint density at radius 1 is 1.04 bits per heavy atom. The summed E-state index contributed by atoms with van der Waals surface area (Å²) in [5, 5.41) is 0. The van der Waals surface area contributed by atoms with Crippen LogP contribution in [-0.2, 0) is 14.8 Å². The third kappa shape index (κ3) is 2.31. The summed E-state index contributed by atoms with van der Waals surface area (Å²) in [4.78, 5) is 33.4. The Labute approximate surface area is 154 Å². The van der Waals surface area contributed by atoms with Gasteiger partial charge in [0.05, 0.1) is 6.16 Å². The SMILES string of the molecule is O=C1N(CCP(=O)(O)O)c2ccccc2C12COc1cc3c(cc12)OCO3. The van der Waals surface area contributed by atoms with Crippen molar-refractivity contribution < 1.29 is 33.4 Å². The Balaban J connectivity index is 1.64. The minimum atomic E-state index is -4.24. The zero-order valence-electron chi connectivity index (χ0n) is 14.1. The van der Waals surface area contributed by atoms with Crippen LogP contribution in [0, 0.1) is 0 Å². The Hall–Kier alpha value is -2.54. The van der Waals surface area contributed by atoms with Crippen LogP contribution >= 0.6 is 7.60 Å². The number of ether oxygens (including phenoxy) is 3. The van der Waals surface area contributed by atoms with E-state index in [0.29, 0.717) is 28.5 Å². The van der Waals surface area contributed by atoms with Gasteiger partial charge in [-0.25, -0.2) is 0 Å². The first-order chi connectivity index (χ1) is 12.9. The second-order valence-electron chi connectivity index (χ2n) is 6.76. The number of para-hydroxylation sites is 1. The molecule has 2 aromatic carbocycles. The molecule has 5 rings (SSSR count). The lowest BCUT2D eigenvalue weighted by molar-refractivity contribution is -0.122. The van der Waals surface area contributed by atoms with Gasteiger partial charge in [-0.05, 0) is 17.7 Å². The number of anilines is 1. The van der Waals surface area contributed by atoms with Crippen molar-refractivity contribution in [2.24, 2.45) is 0 Å². The lowest BCUT2D eigenvalue weighted by Crippen LogP contribution is -2.43. The summed E-state index contributed by atoms with van der Waals surface area (Å²) in [6.45, 7) is 0.166. The second kappa shape index (κ2) is 5.48. The number of nitrogens with zero attached hydrogens (tertiary/aromatic N) is 1. The van der Waals surface area contributed by atoms with Gasteiger partial charge in [0.2, 0.25) is 12.7 Å². The van der Waals surface area contributed by atoms with Crippen LogP contribution < -0.4 is 19.1 Å². The number of fused-ring (bicyclic) bond motifs is 5. The average molecular weight is 389 g/mol. The normalized spacial score (nSPS) is 22.1. The highest BCUT2D eigenvalue weighted by Gasteiger charge is 2.57. The van der Waals surface area contributed by atoms with Gasteiger partial charge in [0.1, 0.15) is 17.8 Å². The molecular formula is C18H16NO7P. The van der Waals surface area contributed by atoms with Crippen molar-refractivity contribution in [1.82, 2.24) is 0 Å². The van der Waals surface area contributed by atoms with E-state index in [1.54, 1.807) is 24.3 Å². The van der Waals surface area contributed by atoms with Crippen LogP contribution in [0.25, 0.3) is 0 Å². The summed E-state index contributed by atoms with van der Waals surface area (Å²) in [7, 11) is -4.24. The van der Waals surface area contributed by atoms with E-state index >= 15 is 0 Å². The molecule has 0 bridgehead atoms. The molecule has 9 heteroatoms. The summed E-state index contributed by atoms with van der Waals surface area (Å²) in [5.41, 5.74) is 1.04. The minimum Gasteiger partial charge on any atom is -0.491 e. The Morgan fingerprint density at radius 2 is 1.78 bits per heavy atom. The van der Waals surface area contributed by atoms with Crippen molar-refractivity contribution in [3.8, 4) is 17.2 Å². The summed E-state index contributed by atoms with van der Waals surface area (Å²) < 4.78 is 28.0.